The first-order valence-electron chi connectivity index (χ1n) is 12.6. The van der Waals surface area contributed by atoms with Gasteiger partial charge in [-0.15, -0.1) is 0 Å². The number of rotatable bonds is 5. The first-order valence-corrected chi connectivity index (χ1v) is 13.0. The van der Waals surface area contributed by atoms with Crippen LogP contribution in [-0.2, 0) is 0 Å². The highest BCUT2D eigenvalue weighted by Gasteiger charge is 2.36. The maximum absolute atomic E-state index is 13.7. The molecule has 2 unspecified atom stereocenters. The van der Waals surface area contributed by atoms with E-state index in [4.69, 9.17) is 11.6 Å². The normalized spacial score (nSPS) is 21.8. The quantitative estimate of drug-likeness (QED) is 0.392. The molecule has 1 saturated heterocycles. The van der Waals surface area contributed by atoms with Gasteiger partial charge in [-0.1, -0.05) is 85.1 Å². The second-order valence-electron chi connectivity index (χ2n) is 9.63. The number of carbonyl (C=O) groups excluding carboxylic acids is 1. The van der Waals surface area contributed by atoms with Crippen molar-refractivity contribution in [1.82, 2.24) is 4.90 Å². The maximum atomic E-state index is 13.7. The molecule has 176 valence electrons. The Hall–Kier alpha value is -2.62. The summed E-state index contributed by atoms with van der Waals surface area (Å²) in [7, 11) is 0. The summed E-state index contributed by atoms with van der Waals surface area (Å²) < 4.78 is 0. The molecule has 0 spiro atoms. The van der Waals surface area contributed by atoms with Gasteiger partial charge in [0, 0.05) is 30.9 Å². The van der Waals surface area contributed by atoms with Crippen molar-refractivity contribution >= 4 is 23.2 Å². The lowest BCUT2D eigenvalue weighted by Crippen LogP contribution is -2.51. The standard InChI is InChI=1S/C30H33ClN2O/c31-28-17-9-7-16-27(28)30(34)33(24-13-5-2-6-14-24)25-19-21-32(22-20-25)29-18-10-8-15-26(29)23-11-3-1-4-12-23/h1-7,9,11-14,16-17,25-26,29H,8,10,15,18-22H2. The Kier molecular flexibility index (Phi) is 7.32. The third kappa shape index (κ3) is 4.92. The summed E-state index contributed by atoms with van der Waals surface area (Å²) in [6.07, 6.45) is 7.13. The maximum Gasteiger partial charge on any atom is 0.260 e. The lowest BCUT2D eigenvalue weighted by Gasteiger charge is -2.45. The SMILES string of the molecule is O=C(c1ccccc1Cl)N(c1ccccc1)C1CCN(C2CCCCC2c2ccccc2)CC1. The Morgan fingerprint density at radius 1 is 0.765 bits per heavy atom. The van der Waals surface area contributed by atoms with Crippen molar-refractivity contribution in [3.05, 3.63) is 101 Å². The van der Waals surface area contributed by atoms with Crippen LogP contribution in [-0.4, -0.2) is 36.0 Å². The lowest BCUT2D eigenvalue weighted by atomic mass is 9.78. The molecular formula is C30H33ClN2O. The summed E-state index contributed by atoms with van der Waals surface area (Å²) in [6, 6.07) is 29.3. The lowest BCUT2D eigenvalue weighted by molar-refractivity contribution is 0.0895. The second kappa shape index (κ2) is 10.8. The zero-order valence-corrected chi connectivity index (χ0v) is 20.4. The molecule has 0 N–H and O–H groups in total. The Morgan fingerprint density at radius 2 is 1.38 bits per heavy atom. The van der Waals surface area contributed by atoms with Crippen LogP contribution in [0.4, 0.5) is 5.69 Å². The number of anilines is 1. The topological polar surface area (TPSA) is 23.6 Å². The van der Waals surface area contributed by atoms with Crippen molar-refractivity contribution in [2.75, 3.05) is 18.0 Å². The van der Waals surface area contributed by atoms with E-state index < -0.39 is 0 Å². The van der Waals surface area contributed by atoms with E-state index in [0.717, 1.165) is 31.6 Å². The predicted octanol–water partition coefficient (Wildman–Crippen LogP) is 7.18. The third-order valence-electron chi connectivity index (χ3n) is 7.65. The molecule has 2 aliphatic rings. The zero-order chi connectivity index (χ0) is 23.3. The first-order chi connectivity index (χ1) is 16.7. The fourth-order valence-electron chi connectivity index (χ4n) is 5.96. The summed E-state index contributed by atoms with van der Waals surface area (Å²) in [5, 5.41) is 0.513. The molecule has 1 saturated carbocycles. The molecule has 4 heteroatoms. The van der Waals surface area contributed by atoms with E-state index >= 15 is 0 Å². The van der Waals surface area contributed by atoms with Gasteiger partial charge in [0.15, 0.2) is 0 Å². The average molecular weight is 473 g/mol. The molecule has 2 atom stereocenters. The minimum Gasteiger partial charge on any atom is -0.305 e. The number of piperidine rings is 1. The second-order valence-corrected chi connectivity index (χ2v) is 10.0. The summed E-state index contributed by atoms with van der Waals surface area (Å²) in [5.41, 5.74) is 3.01. The smallest absolute Gasteiger partial charge is 0.260 e. The van der Waals surface area contributed by atoms with Crippen LogP contribution < -0.4 is 4.90 Å². The highest BCUT2D eigenvalue weighted by molar-refractivity contribution is 6.34. The largest absolute Gasteiger partial charge is 0.305 e. The molecule has 3 aromatic carbocycles. The number of benzene rings is 3. The molecule has 1 aliphatic carbocycles. The van der Waals surface area contributed by atoms with Gasteiger partial charge in [-0.25, -0.2) is 0 Å². The van der Waals surface area contributed by atoms with Crippen molar-refractivity contribution < 1.29 is 4.79 Å². The van der Waals surface area contributed by atoms with Crippen LogP contribution in [0.15, 0.2) is 84.9 Å². The van der Waals surface area contributed by atoms with Gasteiger partial charge in [-0.3, -0.25) is 9.69 Å². The Balaban J connectivity index is 1.35. The zero-order valence-electron chi connectivity index (χ0n) is 19.7. The van der Waals surface area contributed by atoms with Gasteiger partial charge in [-0.2, -0.15) is 0 Å². The van der Waals surface area contributed by atoms with Crippen LogP contribution in [0.1, 0.15) is 60.4 Å². The molecule has 0 radical (unpaired) electrons. The van der Waals surface area contributed by atoms with Crippen LogP contribution >= 0.6 is 11.6 Å². The van der Waals surface area contributed by atoms with Crippen molar-refractivity contribution in [2.24, 2.45) is 0 Å². The number of amides is 1. The molecule has 3 aromatic rings. The fourth-order valence-corrected chi connectivity index (χ4v) is 6.18. The van der Waals surface area contributed by atoms with Gasteiger partial charge in [-0.05, 0) is 61.4 Å². The van der Waals surface area contributed by atoms with E-state index in [-0.39, 0.29) is 11.9 Å². The molecule has 0 aromatic heterocycles. The third-order valence-corrected chi connectivity index (χ3v) is 7.98. The first kappa shape index (κ1) is 23.1. The van der Waals surface area contributed by atoms with Gasteiger partial charge >= 0.3 is 0 Å². The summed E-state index contributed by atoms with van der Waals surface area (Å²) in [5.74, 6) is 0.608. The van der Waals surface area contributed by atoms with E-state index in [1.165, 1.54) is 31.2 Å². The fraction of sp³-hybridized carbons (Fsp3) is 0.367. The van der Waals surface area contributed by atoms with Crippen molar-refractivity contribution in [3.63, 3.8) is 0 Å². The van der Waals surface area contributed by atoms with Crippen molar-refractivity contribution in [1.29, 1.82) is 0 Å². The molecule has 34 heavy (non-hydrogen) atoms. The molecule has 2 fully saturated rings. The van der Waals surface area contributed by atoms with Crippen LogP contribution in [0.2, 0.25) is 5.02 Å². The van der Waals surface area contributed by atoms with Crippen molar-refractivity contribution in [3.8, 4) is 0 Å². The number of likely N-dealkylation sites (tertiary alicyclic amines) is 1. The van der Waals surface area contributed by atoms with Gasteiger partial charge in [0.1, 0.15) is 0 Å². The average Bonchev–Trinajstić information content (AvgIpc) is 2.91. The van der Waals surface area contributed by atoms with E-state index in [9.17, 15) is 4.79 Å². The van der Waals surface area contributed by atoms with Crippen LogP contribution in [0.3, 0.4) is 0 Å². The number of hydrogen-bond acceptors (Lipinski definition) is 2. The predicted molar refractivity (Wildman–Crippen MR) is 141 cm³/mol. The van der Waals surface area contributed by atoms with Crippen molar-refractivity contribution in [2.45, 2.75) is 56.5 Å². The number of para-hydroxylation sites is 1. The van der Waals surface area contributed by atoms with Crippen LogP contribution in [0.5, 0.6) is 0 Å². The Bertz CT molecular complexity index is 1080. The molecular weight excluding hydrogens is 440 g/mol. The monoisotopic (exact) mass is 472 g/mol. The summed E-state index contributed by atoms with van der Waals surface area (Å²) >= 11 is 6.43. The van der Waals surface area contributed by atoms with Gasteiger partial charge in [0.2, 0.25) is 0 Å². The van der Waals surface area contributed by atoms with Crippen LogP contribution in [0, 0.1) is 0 Å². The molecule has 1 amide bonds. The summed E-state index contributed by atoms with van der Waals surface area (Å²) in [4.78, 5) is 18.4. The van der Waals surface area contributed by atoms with E-state index in [2.05, 4.69) is 35.2 Å². The minimum absolute atomic E-state index is 0.00456. The Labute approximate surface area is 208 Å². The van der Waals surface area contributed by atoms with Gasteiger partial charge in [0.05, 0.1) is 10.6 Å². The molecule has 1 heterocycles. The summed E-state index contributed by atoms with van der Waals surface area (Å²) in [6.45, 7) is 2.05. The minimum atomic E-state index is -0.00456. The number of halogens is 1. The van der Waals surface area contributed by atoms with E-state index in [1.54, 1.807) is 6.07 Å². The molecule has 3 nitrogen and oxygen atoms in total. The van der Waals surface area contributed by atoms with E-state index in [1.807, 2.05) is 53.4 Å². The number of carbonyl (C=O) groups is 1. The highest BCUT2D eigenvalue weighted by atomic mass is 35.5. The highest BCUT2D eigenvalue weighted by Crippen LogP contribution is 2.38. The van der Waals surface area contributed by atoms with Gasteiger partial charge < -0.3 is 4.90 Å². The van der Waals surface area contributed by atoms with E-state index in [0.29, 0.717) is 22.5 Å². The number of nitrogens with zero attached hydrogens (tertiary/aromatic N) is 2. The Morgan fingerprint density at radius 3 is 2.09 bits per heavy atom. The molecule has 1 aliphatic heterocycles. The number of hydrogen-bond donors (Lipinski definition) is 0. The van der Waals surface area contributed by atoms with Gasteiger partial charge in [0.25, 0.3) is 5.91 Å². The van der Waals surface area contributed by atoms with Crippen LogP contribution in [0.25, 0.3) is 0 Å². The molecule has 0 bridgehead atoms. The molecule has 5 rings (SSSR count).